The molecule has 0 bridgehead atoms. The Balaban J connectivity index is 2.02. The first kappa shape index (κ1) is 14.3. The molecule has 0 radical (unpaired) electrons. The first-order valence-corrected chi connectivity index (χ1v) is 7.89. The molecule has 2 heteroatoms. The first-order valence-electron chi connectivity index (χ1n) is 7.89. The molecule has 2 fully saturated rings. The van der Waals surface area contributed by atoms with Gasteiger partial charge in [0, 0.05) is 18.6 Å². The van der Waals surface area contributed by atoms with Gasteiger partial charge in [0.2, 0.25) is 0 Å². The Labute approximate surface area is 113 Å². The van der Waals surface area contributed by atoms with E-state index < -0.39 is 0 Å². The minimum Gasteiger partial charge on any atom is -0.329 e. The molecule has 0 aromatic heterocycles. The molecular weight excluding hydrogens is 220 g/mol. The monoisotopic (exact) mass is 252 g/mol. The second kappa shape index (κ2) is 5.50. The van der Waals surface area contributed by atoms with Gasteiger partial charge >= 0.3 is 0 Å². The number of rotatable bonds is 2. The van der Waals surface area contributed by atoms with E-state index in [9.17, 15) is 0 Å². The number of likely N-dealkylation sites (tertiary alicyclic amines) is 1. The van der Waals surface area contributed by atoms with E-state index in [1.807, 2.05) is 0 Å². The standard InChI is InChI=1S/C16H32N2/c1-12-6-8-18(14(9-12)11-17)15-5-7-16(3,4)10-13(15)2/h12-15H,5-11,17H2,1-4H3. The third-order valence-corrected chi connectivity index (χ3v) is 5.37. The SMILES string of the molecule is CC1CCN(C2CCC(C)(C)CC2C)C(CN)C1. The van der Waals surface area contributed by atoms with Crippen LogP contribution < -0.4 is 5.73 Å². The van der Waals surface area contributed by atoms with Crippen LogP contribution in [0.15, 0.2) is 0 Å². The zero-order valence-corrected chi connectivity index (χ0v) is 12.8. The molecule has 4 atom stereocenters. The van der Waals surface area contributed by atoms with Crippen LogP contribution in [0.25, 0.3) is 0 Å². The maximum atomic E-state index is 6.02. The summed E-state index contributed by atoms with van der Waals surface area (Å²) in [7, 11) is 0. The van der Waals surface area contributed by atoms with Crippen LogP contribution in [0.4, 0.5) is 0 Å². The Kier molecular flexibility index (Phi) is 4.38. The summed E-state index contributed by atoms with van der Waals surface area (Å²) in [6.45, 7) is 11.8. The van der Waals surface area contributed by atoms with E-state index in [1.54, 1.807) is 0 Å². The molecule has 2 rings (SSSR count). The minimum absolute atomic E-state index is 0.553. The maximum Gasteiger partial charge on any atom is 0.0224 e. The largest absolute Gasteiger partial charge is 0.329 e. The summed E-state index contributed by atoms with van der Waals surface area (Å²) in [6, 6.07) is 1.43. The molecule has 2 N–H and O–H groups in total. The van der Waals surface area contributed by atoms with Crippen LogP contribution >= 0.6 is 0 Å². The minimum atomic E-state index is 0.553. The van der Waals surface area contributed by atoms with Gasteiger partial charge in [-0.1, -0.05) is 27.7 Å². The summed E-state index contributed by atoms with van der Waals surface area (Å²) in [5, 5.41) is 0. The Hall–Kier alpha value is -0.0800. The molecule has 18 heavy (non-hydrogen) atoms. The van der Waals surface area contributed by atoms with Gasteiger partial charge in [-0.25, -0.2) is 0 Å². The van der Waals surface area contributed by atoms with Crippen molar-refractivity contribution in [2.45, 2.75) is 71.9 Å². The van der Waals surface area contributed by atoms with Crippen LogP contribution in [0.2, 0.25) is 0 Å². The lowest BCUT2D eigenvalue weighted by molar-refractivity contribution is 0.00597. The van der Waals surface area contributed by atoms with Crippen LogP contribution in [0.3, 0.4) is 0 Å². The van der Waals surface area contributed by atoms with Crippen molar-refractivity contribution in [3.8, 4) is 0 Å². The Morgan fingerprint density at radius 1 is 1.22 bits per heavy atom. The van der Waals surface area contributed by atoms with Crippen molar-refractivity contribution in [3.05, 3.63) is 0 Å². The molecule has 2 aliphatic rings. The summed E-state index contributed by atoms with van der Waals surface area (Å²) < 4.78 is 0. The Bertz CT molecular complexity index is 274. The highest BCUT2D eigenvalue weighted by molar-refractivity contribution is 4.93. The van der Waals surface area contributed by atoms with E-state index in [1.165, 1.54) is 38.6 Å². The fourth-order valence-electron chi connectivity index (χ4n) is 4.36. The molecule has 4 unspecified atom stereocenters. The van der Waals surface area contributed by atoms with Crippen LogP contribution in [0, 0.1) is 17.3 Å². The number of nitrogens with zero attached hydrogens (tertiary/aromatic N) is 1. The topological polar surface area (TPSA) is 29.3 Å². The molecule has 0 amide bonds. The normalized spacial score (nSPS) is 41.8. The van der Waals surface area contributed by atoms with Crippen molar-refractivity contribution in [2.24, 2.45) is 23.0 Å². The fraction of sp³-hybridized carbons (Fsp3) is 1.00. The summed E-state index contributed by atoms with van der Waals surface area (Å²) in [6.07, 6.45) is 6.80. The molecule has 1 heterocycles. The van der Waals surface area contributed by atoms with Crippen LogP contribution in [0.1, 0.15) is 59.8 Å². The lowest BCUT2D eigenvalue weighted by Crippen LogP contribution is -2.54. The zero-order chi connectivity index (χ0) is 13.3. The molecule has 2 nitrogen and oxygen atoms in total. The number of hydrogen-bond acceptors (Lipinski definition) is 2. The van der Waals surface area contributed by atoms with Crippen molar-refractivity contribution in [2.75, 3.05) is 13.1 Å². The van der Waals surface area contributed by atoms with Gasteiger partial charge in [0.15, 0.2) is 0 Å². The van der Waals surface area contributed by atoms with E-state index >= 15 is 0 Å². The van der Waals surface area contributed by atoms with Gasteiger partial charge in [0.05, 0.1) is 0 Å². The van der Waals surface area contributed by atoms with E-state index in [2.05, 4.69) is 32.6 Å². The van der Waals surface area contributed by atoms with Gasteiger partial charge in [0.1, 0.15) is 0 Å². The zero-order valence-electron chi connectivity index (χ0n) is 12.8. The molecule has 0 aromatic carbocycles. The molecule has 1 saturated heterocycles. The second-order valence-corrected chi connectivity index (χ2v) is 7.71. The van der Waals surface area contributed by atoms with Gasteiger partial charge in [-0.05, 0) is 55.9 Å². The van der Waals surface area contributed by atoms with Crippen molar-refractivity contribution < 1.29 is 0 Å². The smallest absolute Gasteiger partial charge is 0.0224 e. The molecular formula is C16H32N2. The third kappa shape index (κ3) is 3.08. The summed E-state index contributed by atoms with van der Waals surface area (Å²) in [5.41, 5.74) is 6.57. The third-order valence-electron chi connectivity index (χ3n) is 5.37. The lowest BCUT2D eigenvalue weighted by atomic mass is 9.69. The predicted molar refractivity (Wildman–Crippen MR) is 78.5 cm³/mol. The van der Waals surface area contributed by atoms with Gasteiger partial charge in [-0.3, -0.25) is 4.90 Å². The average Bonchev–Trinajstić information content (AvgIpc) is 2.29. The molecule has 0 spiro atoms. The van der Waals surface area contributed by atoms with Gasteiger partial charge in [-0.15, -0.1) is 0 Å². The Morgan fingerprint density at radius 3 is 2.56 bits per heavy atom. The molecule has 106 valence electrons. The Morgan fingerprint density at radius 2 is 1.94 bits per heavy atom. The van der Waals surface area contributed by atoms with Crippen LogP contribution in [-0.4, -0.2) is 30.1 Å². The highest BCUT2D eigenvalue weighted by atomic mass is 15.2. The van der Waals surface area contributed by atoms with Crippen molar-refractivity contribution >= 4 is 0 Å². The first-order chi connectivity index (χ1) is 8.43. The van der Waals surface area contributed by atoms with E-state index in [-0.39, 0.29) is 0 Å². The summed E-state index contributed by atoms with van der Waals surface area (Å²) in [4.78, 5) is 2.76. The molecule has 1 aliphatic carbocycles. The van der Waals surface area contributed by atoms with E-state index in [0.29, 0.717) is 11.5 Å². The van der Waals surface area contributed by atoms with Gasteiger partial charge in [0.25, 0.3) is 0 Å². The quantitative estimate of drug-likeness (QED) is 0.817. The summed E-state index contributed by atoms with van der Waals surface area (Å²) in [5.74, 6) is 1.70. The summed E-state index contributed by atoms with van der Waals surface area (Å²) >= 11 is 0. The highest BCUT2D eigenvalue weighted by Gasteiger charge is 2.38. The van der Waals surface area contributed by atoms with Crippen molar-refractivity contribution in [3.63, 3.8) is 0 Å². The molecule has 1 aliphatic heterocycles. The van der Waals surface area contributed by atoms with Crippen molar-refractivity contribution in [1.82, 2.24) is 4.90 Å². The maximum absolute atomic E-state index is 6.02. The lowest BCUT2D eigenvalue weighted by Gasteiger charge is -2.49. The van der Waals surface area contributed by atoms with Gasteiger partial charge in [-0.2, -0.15) is 0 Å². The molecule has 1 saturated carbocycles. The number of piperidine rings is 1. The van der Waals surface area contributed by atoms with E-state index in [4.69, 9.17) is 5.73 Å². The van der Waals surface area contributed by atoms with E-state index in [0.717, 1.165) is 24.4 Å². The van der Waals surface area contributed by atoms with Crippen molar-refractivity contribution in [1.29, 1.82) is 0 Å². The van der Waals surface area contributed by atoms with Gasteiger partial charge < -0.3 is 5.73 Å². The number of nitrogens with two attached hydrogens (primary N) is 1. The average molecular weight is 252 g/mol. The highest BCUT2D eigenvalue weighted by Crippen LogP contribution is 2.42. The fourth-order valence-corrected chi connectivity index (χ4v) is 4.36. The van der Waals surface area contributed by atoms with Crippen LogP contribution in [-0.2, 0) is 0 Å². The predicted octanol–water partition coefficient (Wildman–Crippen LogP) is 3.26. The molecule has 0 aromatic rings. The second-order valence-electron chi connectivity index (χ2n) is 7.71. The van der Waals surface area contributed by atoms with Crippen LogP contribution in [0.5, 0.6) is 0 Å². The number of hydrogen-bond donors (Lipinski definition) is 1.